The van der Waals surface area contributed by atoms with Gasteiger partial charge in [0.2, 0.25) is 5.91 Å². The first kappa shape index (κ1) is 17.4. The molecule has 0 bridgehead atoms. The van der Waals surface area contributed by atoms with Gasteiger partial charge in [0.15, 0.2) is 0 Å². The number of amides is 1. The quantitative estimate of drug-likeness (QED) is 0.778. The van der Waals surface area contributed by atoms with Crippen LogP contribution in [0.25, 0.3) is 0 Å². The van der Waals surface area contributed by atoms with Crippen molar-refractivity contribution in [2.24, 2.45) is 11.7 Å². The molecule has 0 aromatic heterocycles. The van der Waals surface area contributed by atoms with Crippen molar-refractivity contribution in [3.63, 3.8) is 0 Å². The van der Waals surface area contributed by atoms with E-state index in [-0.39, 0.29) is 11.4 Å². The van der Waals surface area contributed by atoms with Gasteiger partial charge in [0, 0.05) is 25.7 Å². The third-order valence-electron chi connectivity index (χ3n) is 4.84. The van der Waals surface area contributed by atoms with Crippen LogP contribution in [0, 0.1) is 5.92 Å². The molecule has 1 saturated carbocycles. The molecule has 2 atom stereocenters. The van der Waals surface area contributed by atoms with E-state index in [1.54, 1.807) is 4.90 Å². The van der Waals surface area contributed by atoms with Crippen molar-refractivity contribution in [1.29, 1.82) is 0 Å². The lowest BCUT2D eigenvalue weighted by Crippen LogP contribution is -2.58. The van der Waals surface area contributed by atoms with Gasteiger partial charge in [-0.1, -0.05) is 26.7 Å². The van der Waals surface area contributed by atoms with E-state index in [1.165, 1.54) is 12.8 Å². The summed E-state index contributed by atoms with van der Waals surface area (Å²) in [6.07, 6.45) is 5.86. The number of likely N-dealkylation sites (N-methyl/N-ethyl adjacent to an activating group) is 1. The highest BCUT2D eigenvalue weighted by atomic mass is 16.2. The van der Waals surface area contributed by atoms with Gasteiger partial charge in [0.05, 0.1) is 6.54 Å². The first-order valence-electron chi connectivity index (χ1n) is 8.18. The van der Waals surface area contributed by atoms with E-state index in [1.807, 2.05) is 14.0 Å². The van der Waals surface area contributed by atoms with Gasteiger partial charge in [0.1, 0.15) is 0 Å². The van der Waals surface area contributed by atoms with Crippen LogP contribution in [0.5, 0.6) is 0 Å². The van der Waals surface area contributed by atoms with Crippen molar-refractivity contribution < 1.29 is 4.79 Å². The molecule has 0 spiro atoms. The monoisotopic (exact) mass is 283 g/mol. The SMILES string of the molecule is CCCN(CC(=O)N(C)CC)C1(CN)CCCC(C)C1. The molecule has 0 aromatic carbocycles. The summed E-state index contributed by atoms with van der Waals surface area (Å²) >= 11 is 0. The Balaban J connectivity index is 2.83. The maximum atomic E-state index is 12.3. The molecule has 4 nitrogen and oxygen atoms in total. The zero-order valence-corrected chi connectivity index (χ0v) is 13.8. The molecule has 0 aromatic rings. The number of nitrogens with zero attached hydrogens (tertiary/aromatic N) is 2. The van der Waals surface area contributed by atoms with Crippen LogP contribution >= 0.6 is 0 Å². The molecule has 1 amide bonds. The van der Waals surface area contributed by atoms with Crippen LogP contribution in [0.1, 0.15) is 52.9 Å². The van der Waals surface area contributed by atoms with Crippen molar-refractivity contribution >= 4 is 5.91 Å². The van der Waals surface area contributed by atoms with Crippen LogP contribution in [0.3, 0.4) is 0 Å². The predicted octanol–water partition coefficient (Wildman–Crippen LogP) is 2.08. The molecule has 118 valence electrons. The number of hydrogen-bond acceptors (Lipinski definition) is 3. The highest BCUT2D eigenvalue weighted by Crippen LogP contribution is 2.36. The number of rotatable bonds is 7. The number of carbonyl (C=O) groups excluding carboxylic acids is 1. The minimum Gasteiger partial charge on any atom is -0.345 e. The summed E-state index contributed by atoms with van der Waals surface area (Å²) in [6.45, 7) is 9.43. The first-order chi connectivity index (χ1) is 9.49. The summed E-state index contributed by atoms with van der Waals surface area (Å²) < 4.78 is 0. The zero-order chi connectivity index (χ0) is 15.2. The maximum Gasteiger partial charge on any atom is 0.236 e. The predicted molar refractivity (Wildman–Crippen MR) is 84.6 cm³/mol. The van der Waals surface area contributed by atoms with Gasteiger partial charge in [-0.25, -0.2) is 0 Å². The van der Waals surface area contributed by atoms with Crippen LogP contribution in [-0.4, -0.2) is 54.5 Å². The molecule has 1 fully saturated rings. The van der Waals surface area contributed by atoms with Gasteiger partial charge < -0.3 is 10.6 Å². The van der Waals surface area contributed by atoms with E-state index in [4.69, 9.17) is 5.73 Å². The van der Waals surface area contributed by atoms with Crippen LogP contribution in [0.15, 0.2) is 0 Å². The van der Waals surface area contributed by atoms with E-state index < -0.39 is 0 Å². The fourth-order valence-electron chi connectivity index (χ4n) is 3.45. The molecule has 1 rings (SSSR count). The zero-order valence-electron chi connectivity index (χ0n) is 13.8. The summed E-state index contributed by atoms with van der Waals surface area (Å²) in [5, 5.41) is 0. The maximum absolute atomic E-state index is 12.3. The second-order valence-corrected chi connectivity index (χ2v) is 6.46. The molecule has 1 aliphatic rings. The van der Waals surface area contributed by atoms with Gasteiger partial charge in [-0.2, -0.15) is 0 Å². The number of nitrogens with two attached hydrogens (primary N) is 1. The molecule has 0 radical (unpaired) electrons. The summed E-state index contributed by atoms with van der Waals surface area (Å²) in [7, 11) is 1.88. The molecule has 2 N–H and O–H groups in total. The molecule has 4 heteroatoms. The second-order valence-electron chi connectivity index (χ2n) is 6.46. The Morgan fingerprint density at radius 2 is 2.10 bits per heavy atom. The largest absolute Gasteiger partial charge is 0.345 e. The average molecular weight is 283 g/mol. The van der Waals surface area contributed by atoms with Gasteiger partial charge in [-0.3, -0.25) is 9.69 Å². The summed E-state index contributed by atoms with van der Waals surface area (Å²) in [5.74, 6) is 0.928. The van der Waals surface area contributed by atoms with Crippen molar-refractivity contribution in [1.82, 2.24) is 9.80 Å². The van der Waals surface area contributed by atoms with Gasteiger partial charge in [-0.15, -0.1) is 0 Å². The smallest absolute Gasteiger partial charge is 0.236 e. The minimum atomic E-state index is 0.0396. The van der Waals surface area contributed by atoms with Crippen molar-refractivity contribution in [3.05, 3.63) is 0 Å². The summed E-state index contributed by atoms with van der Waals surface area (Å²) in [6, 6.07) is 0. The molecular formula is C16H33N3O. The fourth-order valence-corrected chi connectivity index (χ4v) is 3.45. The third-order valence-corrected chi connectivity index (χ3v) is 4.84. The third kappa shape index (κ3) is 4.19. The Bertz CT molecular complexity index is 308. The molecule has 1 aliphatic carbocycles. The first-order valence-corrected chi connectivity index (χ1v) is 8.18. The lowest BCUT2D eigenvalue weighted by molar-refractivity contribution is -0.133. The fraction of sp³-hybridized carbons (Fsp3) is 0.938. The Labute approximate surface area is 124 Å². The van der Waals surface area contributed by atoms with Crippen molar-refractivity contribution in [2.45, 2.75) is 58.4 Å². The molecular weight excluding hydrogens is 250 g/mol. The molecule has 20 heavy (non-hydrogen) atoms. The van der Waals surface area contributed by atoms with Crippen LogP contribution in [0.4, 0.5) is 0 Å². The second kappa shape index (κ2) is 7.99. The van der Waals surface area contributed by atoms with Gasteiger partial charge in [-0.05, 0) is 38.6 Å². The van der Waals surface area contributed by atoms with Crippen molar-refractivity contribution in [2.75, 3.05) is 33.2 Å². The van der Waals surface area contributed by atoms with E-state index in [9.17, 15) is 4.79 Å². The number of hydrogen-bond donors (Lipinski definition) is 1. The summed E-state index contributed by atoms with van der Waals surface area (Å²) in [5.41, 5.74) is 6.19. The molecule has 2 unspecified atom stereocenters. The Morgan fingerprint density at radius 3 is 2.60 bits per heavy atom. The lowest BCUT2D eigenvalue weighted by atomic mass is 9.75. The van der Waals surface area contributed by atoms with E-state index in [2.05, 4.69) is 18.7 Å². The topological polar surface area (TPSA) is 49.6 Å². The average Bonchev–Trinajstić information content (AvgIpc) is 2.45. The summed E-state index contributed by atoms with van der Waals surface area (Å²) in [4.78, 5) is 16.5. The molecule has 0 heterocycles. The minimum absolute atomic E-state index is 0.0396. The van der Waals surface area contributed by atoms with Crippen LogP contribution < -0.4 is 5.73 Å². The van der Waals surface area contributed by atoms with Gasteiger partial charge >= 0.3 is 0 Å². The number of carbonyl (C=O) groups is 1. The van der Waals surface area contributed by atoms with E-state index in [0.29, 0.717) is 19.0 Å². The highest BCUT2D eigenvalue weighted by molar-refractivity contribution is 5.78. The van der Waals surface area contributed by atoms with Gasteiger partial charge in [0.25, 0.3) is 0 Å². The Morgan fingerprint density at radius 1 is 1.40 bits per heavy atom. The lowest BCUT2D eigenvalue weighted by Gasteiger charge is -2.48. The van der Waals surface area contributed by atoms with Crippen LogP contribution in [-0.2, 0) is 4.79 Å². The Hall–Kier alpha value is -0.610. The van der Waals surface area contributed by atoms with Crippen molar-refractivity contribution in [3.8, 4) is 0 Å². The van der Waals surface area contributed by atoms with Crippen LogP contribution in [0.2, 0.25) is 0 Å². The highest BCUT2D eigenvalue weighted by Gasteiger charge is 2.39. The standard InChI is InChI=1S/C16H33N3O/c1-5-10-19(12-15(20)18(4)6-2)16(13-17)9-7-8-14(3)11-16/h14H,5-13,17H2,1-4H3. The molecule has 0 saturated heterocycles. The Kier molecular flexibility index (Phi) is 6.96. The normalized spacial score (nSPS) is 26.8. The molecule has 0 aliphatic heterocycles. The van der Waals surface area contributed by atoms with E-state index >= 15 is 0 Å². The van der Waals surface area contributed by atoms with E-state index in [0.717, 1.165) is 32.4 Å².